The lowest BCUT2D eigenvalue weighted by molar-refractivity contribution is -0.141. The standard InChI is InChI=1S/C44H37NO6/c1-51-38-23-27(18-22-37(38)46)17-21-35-31-19-20-32-40(43(50)45(42(32)49)26-28-11-5-2-6-12-28)34(31)24-36-41(48)33(29-13-7-3-8-14-29)25-39(47)44(35,36)30-15-9-4-10-16-30/h2-19,21-23,25,32,34-36,40,46H,20,24,26H2,1H3/t32-,34+,35-,36-,40-,44-/m0/s1. The number of carbonyl (C=O) groups is 4. The molecule has 1 saturated carbocycles. The number of benzene rings is 4. The number of hydrogen-bond acceptors (Lipinski definition) is 6. The Bertz CT molecular complexity index is 2140. The van der Waals surface area contributed by atoms with Gasteiger partial charge in [0.1, 0.15) is 0 Å². The topological polar surface area (TPSA) is 101 Å². The molecule has 4 aromatic carbocycles. The number of nitrogens with zero attached hydrogens (tertiary/aromatic N) is 1. The molecule has 3 aliphatic carbocycles. The maximum absolute atomic E-state index is 15.0. The molecule has 4 aliphatic rings. The summed E-state index contributed by atoms with van der Waals surface area (Å²) in [6.07, 6.45) is 8.06. The van der Waals surface area contributed by atoms with Crippen LogP contribution in [0.3, 0.4) is 0 Å². The number of phenolic OH excluding ortho intramolecular Hbond substituents is 1. The van der Waals surface area contributed by atoms with E-state index >= 15 is 4.79 Å². The molecule has 2 fully saturated rings. The number of amides is 2. The molecule has 51 heavy (non-hydrogen) atoms. The molecule has 0 spiro atoms. The molecule has 1 saturated heterocycles. The van der Waals surface area contributed by atoms with Crippen molar-refractivity contribution in [1.29, 1.82) is 0 Å². The second-order valence-electron chi connectivity index (χ2n) is 13.9. The van der Waals surface area contributed by atoms with Gasteiger partial charge in [-0.05, 0) is 59.2 Å². The first-order valence-electron chi connectivity index (χ1n) is 17.4. The number of ketones is 2. The van der Waals surface area contributed by atoms with Gasteiger partial charge in [-0.2, -0.15) is 0 Å². The quantitative estimate of drug-likeness (QED) is 0.168. The first-order valence-corrected chi connectivity index (χ1v) is 17.4. The first-order chi connectivity index (χ1) is 24.8. The van der Waals surface area contributed by atoms with Gasteiger partial charge in [0.25, 0.3) is 0 Å². The van der Waals surface area contributed by atoms with Crippen LogP contribution in [0.25, 0.3) is 11.6 Å². The van der Waals surface area contributed by atoms with Crippen LogP contribution < -0.4 is 4.74 Å². The van der Waals surface area contributed by atoms with Crippen molar-refractivity contribution in [1.82, 2.24) is 4.90 Å². The zero-order valence-electron chi connectivity index (χ0n) is 28.1. The summed E-state index contributed by atoms with van der Waals surface area (Å²) >= 11 is 0. The largest absolute Gasteiger partial charge is 0.504 e. The summed E-state index contributed by atoms with van der Waals surface area (Å²) in [7, 11) is 1.48. The highest BCUT2D eigenvalue weighted by molar-refractivity contribution is 6.31. The molecule has 0 radical (unpaired) electrons. The molecule has 0 bridgehead atoms. The van der Waals surface area contributed by atoms with Crippen molar-refractivity contribution in [2.24, 2.45) is 29.6 Å². The molecule has 0 aromatic heterocycles. The Morgan fingerprint density at radius 2 is 1.53 bits per heavy atom. The number of hydrogen-bond donors (Lipinski definition) is 1. The summed E-state index contributed by atoms with van der Waals surface area (Å²) in [5.74, 6) is -3.45. The SMILES string of the molecule is COc1cc(C=C[C@H]2C3=CC[C@@H]4C(=O)N(Cc5ccccc5)C(=O)[C@@H]4[C@@H]3C[C@H]3C(=O)C(c4ccccc4)=CC(=O)[C@@]23c2ccccc2)ccc1O. The molecule has 1 heterocycles. The Labute approximate surface area is 296 Å². The van der Waals surface area contributed by atoms with E-state index < -0.39 is 35.0 Å². The smallest absolute Gasteiger partial charge is 0.234 e. The van der Waals surface area contributed by atoms with E-state index in [2.05, 4.69) is 6.08 Å². The van der Waals surface area contributed by atoms with Gasteiger partial charge < -0.3 is 9.84 Å². The molecule has 1 N–H and O–H groups in total. The fourth-order valence-electron chi connectivity index (χ4n) is 9.11. The van der Waals surface area contributed by atoms with Gasteiger partial charge in [-0.3, -0.25) is 24.1 Å². The summed E-state index contributed by atoms with van der Waals surface area (Å²) in [6.45, 7) is 0.190. The lowest BCUT2D eigenvalue weighted by atomic mass is 9.45. The number of imide groups is 1. The van der Waals surface area contributed by atoms with Crippen LogP contribution in [0.2, 0.25) is 0 Å². The second-order valence-corrected chi connectivity index (χ2v) is 13.9. The van der Waals surface area contributed by atoms with Gasteiger partial charge in [0.2, 0.25) is 11.8 Å². The molecular formula is C44H37NO6. The minimum absolute atomic E-state index is 0.00494. The summed E-state index contributed by atoms with van der Waals surface area (Å²) < 4.78 is 5.37. The summed E-state index contributed by atoms with van der Waals surface area (Å²) in [6, 6.07) is 33.3. The van der Waals surface area contributed by atoms with E-state index in [1.807, 2.05) is 103 Å². The third kappa shape index (κ3) is 5.18. The van der Waals surface area contributed by atoms with Crippen molar-refractivity contribution < 1.29 is 29.0 Å². The Morgan fingerprint density at radius 3 is 2.24 bits per heavy atom. The van der Waals surface area contributed by atoms with Crippen LogP contribution in [0.15, 0.2) is 133 Å². The molecule has 4 aromatic rings. The molecule has 7 nitrogen and oxygen atoms in total. The minimum Gasteiger partial charge on any atom is -0.504 e. The van der Waals surface area contributed by atoms with Crippen LogP contribution in [0.1, 0.15) is 35.1 Å². The maximum Gasteiger partial charge on any atom is 0.234 e. The number of Topliss-reactive ketones (excluding diaryl/α,β-unsaturated/α-hetero) is 1. The third-order valence-corrected chi connectivity index (χ3v) is 11.4. The van der Waals surface area contributed by atoms with Crippen LogP contribution in [0.5, 0.6) is 11.5 Å². The zero-order valence-corrected chi connectivity index (χ0v) is 28.1. The minimum atomic E-state index is -1.29. The first kappa shape index (κ1) is 32.4. The van der Waals surface area contributed by atoms with E-state index in [4.69, 9.17) is 4.74 Å². The van der Waals surface area contributed by atoms with Crippen molar-refractivity contribution in [3.63, 3.8) is 0 Å². The highest BCUT2D eigenvalue weighted by atomic mass is 16.5. The summed E-state index contributed by atoms with van der Waals surface area (Å²) in [4.78, 5) is 59.7. The molecule has 8 rings (SSSR count). The molecule has 2 amide bonds. The number of methoxy groups -OCH3 is 1. The zero-order chi connectivity index (χ0) is 35.3. The van der Waals surface area contributed by atoms with Gasteiger partial charge in [-0.25, -0.2) is 0 Å². The van der Waals surface area contributed by atoms with E-state index in [9.17, 15) is 19.5 Å². The molecule has 254 valence electrons. The number of ether oxygens (including phenoxy) is 1. The molecule has 7 heteroatoms. The molecular weight excluding hydrogens is 638 g/mol. The summed E-state index contributed by atoms with van der Waals surface area (Å²) in [5.41, 5.74) is 2.98. The number of aromatic hydroxyl groups is 1. The number of phenols is 1. The van der Waals surface area contributed by atoms with Gasteiger partial charge in [0.15, 0.2) is 23.1 Å². The van der Waals surface area contributed by atoms with Crippen LogP contribution >= 0.6 is 0 Å². The average molecular weight is 676 g/mol. The Morgan fingerprint density at radius 1 is 0.843 bits per heavy atom. The van der Waals surface area contributed by atoms with E-state index in [0.717, 1.165) is 22.3 Å². The van der Waals surface area contributed by atoms with Crippen LogP contribution in [-0.4, -0.2) is 40.5 Å². The monoisotopic (exact) mass is 675 g/mol. The van der Waals surface area contributed by atoms with Crippen LogP contribution in [0, 0.1) is 29.6 Å². The number of allylic oxidation sites excluding steroid dienone is 5. The number of fused-ring (bicyclic) bond motifs is 4. The van der Waals surface area contributed by atoms with Gasteiger partial charge >= 0.3 is 0 Å². The van der Waals surface area contributed by atoms with Gasteiger partial charge in [0, 0.05) is 17.4 Å². The fraction of sp³-hybridized carbons (Fsp3) is 0.227. The lowest BCUT2D eigenvalue weighted by Crippen LogP contribution is -2.59. The molecule has 1 aliphatic heterocycles. The van der Waals surface area contributed by atoms with Crippen molar-refractivity contribution in [2.75, 3.05) is 7.11 Å². The maximum atomic E-state index is 15.0. The number of likely N-dealkylation sites (tertiary alicyclic amines) is 1. The van der Waals surface area contributed by atoms with Crippen molar-refractivity contribution in [3.05, 3.63) is 155 Å². The van der Waals surface area contributed by atoms with Gasteiger partial charge in [0.05, 0.1) is 30.9 Å². The highest BCUT2D eigenvalue weighted by Gasteiger charge is 2.65. The predicted octanol–water partition coefficient (Wildman–Crippen LogP) is 6.97. The average Bonchev–Trinajstić information content (AvgIpc) is 3.41. The van der Waals surface area contributed by atoms with E-state index in [0.29, 0.717) is 23.3 Å². The lowest BCUT2D eigenvalue weighted by Gasteiger charge is -2.54. The molecule has 0 unspecified atom stereocenters. The van der Waals surface area contributed by atoms with Crippen molar-refractivity contribution >= 4 is 35.0 Å². The summed E-state index contributed by atoms with van der Waals surface area (Å²) in [5, 5.41) is 10.3. The second kappa shape index (κ2) is 12.8. The van der Waals surface area contributed by atoms with Crippen molar-refractivity contribution in [2.45, 2.75) is 24.8 Å². The van der Waals surface area contributed by atoms with Crippen molar-refractivity contribution in [3.8, 4) is 11.5 Å². The molecule has 6 atom stereocenters. The van der Waals surface area contributed by atoms with Gasteiger partial charge in [-0.15, -0.1) is 0 Å². The van der Waals surface area contributed by atoms with Crippen LogP contribution in [-0.2, 0) is 31.1 Å². The highest BCUT2D eigenvalue weighted by Crippen LogP contribution is 2.61. The normalized spacial score (nSPS) is 27.1. The Balaban J connectivity index is 1.30. The third-order valence-electron chi connectivity index (χ3n) is 11.4. The predicted molar refractivity (Wildman–Crippen MR) is 193 cm³/mol. The van der Waals surface area contributed by atoms with E-state index in [1.165, 1.54) is 18.1 Å². The fourth-order valence-corrected chi connectivity index (χ4v) is 9.11. The van der Waals surface area contributed by atoms with Crippen LogP contribution in [0.4, 0.5) is 0 Å². The number of carbonyl (C=O) groups excluding carboxylic acids is 4. The Hall–Kier alpha value is -5.82. The Kier molecular flexibility index (Phi) is 8.14. The number of rotatable bonds is 7. The van der Waals surface area contributed by atoms with Gasteiger partial charge in [-0.1, -0.05) is 121 Å². The van der Waals surface area contributed by atoms with E-state index in [1.54, 1.807) is 18.2 Å². The van der Waals surface area contributed by atoms with E-state index in [-0.39, 0.29) is 42.1 Å².